The van der Waals surface area contributed by atoms with E-state index in [0.717, 1.165) is 15.8 Å². The average Bonchev–Trinajstić information content (AvgIpc) is 3.42. The molecule has 2 aromatic carbocycles. The number of carbonyl (C=O) groups is 1. The topological polar surface area (TPSA) is 78.5 Å². The summed E-state index contributed by atoms with van der Waals surface area (Å²) >= 11 is 3.43. The normalized spacial score (nSPS) is 10.7. The molecule has 0 radical (unpaired) electrons. The van der Waals surface area contributed by atoms with Gasteiger partial charge in [0, 0.05) is 0 Å². The van der Waals surface area contributed by atoms with Crippen molar-refractivity contribution >= 4 is 27.5 Å². The van der Waals surface area contributed by atoms with Crippen molar-refractivity contribution in [3.8, 4) is 11.5 Å². The maximum Gasteiger partial charge on any atom is 0.291 e. The summed E-state index contributed by atoms with van der Waals surface area (Å²) in [7, 11) is 0. The molecule has 8 heteroatoms. The highest BCUT2D eigenvalue weighted by Crippen LogP contribution is 2.25. The number of ether oxygens (including phenoxy) is 2. The molecular formula is C24H22BrN3O4. The quantitative estimate of drug-likeness (QED) is 0.338. The Balaban J connectivity index is 1.31. The second-order valence-corrected chi connectivity index (χ2v) is 8.10. The molecule has 0 saturated heterocycles. The van der Waals surface area contributed by atoms with Crippen molar-refractivity contribution in [2.24, 2.45) is 0 Å². The zero-order valence-corrected chi connectivity index (χ0v) is 19.3. The van der Waals surface area contributed by atoms with E-state index in [1.54, 1.807) is 29.2 Å². The molecule has 1 amide bonds. The van der Waals surface area contributed by atoms with Crippen LogP contribution in [0.25, 0.3) is 0 Å². The Labute approximate surface area is 194 Å². The van der Waals surface area contributed by atoms with Gasteiger partial charge in [-0.3, -0.25) is 4.79 Å². The first-order valence-corrected chi connectivity index (χ1v) is 10.8. The SMILES string of the molecule is Cc1ccc(OCn2cc(NC(=O)c3ccc(COc4ccccc4Br)o3)cn2)c(C)c1. The smallest absolute Gasteiger partial charge is 0.291 e. The monoisotopic (exact) mass is 495 g/mol. The fraction of sp³-hybridized carbons (Fsp3) is 0.167. The summed E-state index contributed by atoms with van der Waals surface area (Å²) in [4.78, 5) is 12.5. The number of anilines is 1. The average molecular weight is 496 g/mol. The summed E-state index contributed by atoms with van der Waals surface area (Å²) in [6.45, 7) is 4.48. The highest BCUT2D eigenvalue weighted by atomic mass is 79.9. The molecular weight excluding hydrogens is 474 g/mol. The third kappa shape index (κ3) is 5.39. The number of aromatic nitrogens is 2. The minimum absolute atomic E-state index is 0.190. The van der Waals surface area contributed by atoms with Crippen LogP contribution in [0.5, 0.6) is 11.5 Å². The zero-order valence-electron chi connectivity index (χ0n) is 17.7. The second kappa shape index (κ2) is 9.74. The van der Waals surface area contributed by atoms with E-state index < -0.39 is 0 Å². The van der Waals surface area contributed by atoms with E-state index in [-0.39, 0.29) is 25.0 Å². The van der Waals surface area contributed by atoms with Crippen LogP contribution in [0.1, 0.15) is 27.4 Å². The summed E-state index contributed by atoms with van der Waals surface area (Å²) in [5, 5.41) is 7.00. The van der Waals surface area contributed by atoms with Gasteiger partial charge >= 0.3 is 0 Å². The van der Waals surface area contributed by atoms with Gasteiger partial charge in [-0.2, -0.15) is 5.10 Å². The van der Waals surface area contributed by atoms with Crippen LogP contribution in [0.15, 0.2) is 75.9 Å². The number of nitrogens with one attached hydrogen (secondary N) is 1. The third-order valence-corrected chi connectivity index (χ3v) is 5.32. The Kier molecular flexibility index (Phi) is 6.61. The number of amides is 1. The van der Waals surface area contributed by atoms with E-state index in [1.165, 1.54) is 5.56 Å². The van der Waals surface area contributed by atoms with Crippen molar-refractivity contribution in [1.29, 1.82) is 0 Å². The van der Waals surface area contributed by atoms with E-state index >= 15 is 0 Å². The molecule has 0 aliphatic carbocycles. The maximum absolute atomic E-state index is 12.5. The number of halogens is 1. The summed E-state index contributed by atoms with van der Waals surface area (Å²) in [6.07, 6.45) is 3.25. The van der Waals surface area contributed by atoms with Gasteiger partial charge in [0.25, 0.3) is 5.91 Å². The largest absolute Gasteiger partial charge is 0.484 e. The van der Waals surface area contributed by atoms with Crippen molar-refractivity contribution < 1.29 is 18.7 Å². The van der Waals surface area contributed by atoms with Gasteiger partial charge in [-0.1, -0.05) is 29.8 Å². The predicted octanol–water partition coefficient (Wildman–Crippen LogP) is 5.72. The van der Waals surface area contributed by atoms with Crippen molar-refractivity contribution in [2.45, 2.75) is 27.2 Å². The van der Waals surface area contributed by atoms with Crippen molar-refractivity contribution in [1.82, 2.24) is 9.78 Å². The molecule has 2 heterocycles. The number of rotatable bonds is 8. The summed E-state index contributed by atoms with van der Waals surface area (Å²) in [6, 6.07) is 16.9. The Morgan fingerprint density at radius 1 is 1.09 bits per heavy atom. The molecule has 32 heavy (non-hydrogen) atoms. The van der Waals surface area contributed by atoms with E-state index in [0.29, 0.717) is 17.2 Å². The third-order valence-electron chi connectivity index (χ3n) is 4.67. The zero-order chi connectivity index (χ0) is 22.5. The molecule has 0 fully saturated rings. The Morgan fingerprint density at radius 2 is 1.94 bits per heavy atom. The minimum atomic E-state index is -0.369. The molecule has 0 aliphatic heterocycles. The number of hydrogen-bond donors (Lipinski definition) is 1. The van der Waals surface area contributed by atoms with Crippen molar-refractivity contribution in [2.75, 3.05) is 5.32 Å². The van der Waals surface area contributed by atoms with Gasteiger partial charge in [0.05, 0.1) is 22.6 Å². The van der Waals surface area contributed by atoms with E-state index in [4.69, 9.17) is 13.9 Å². The molecule has 0 bridgehead atoms. The minimum Gasteiger partial charge on any atom is -0.484 e. The summed E-state index contributed by atoms with van der Waals surface area (Å²) in [5.74, 6) is 1.86. The summed E-state index contributed by atoms with van der Waals surface area (Å²) in [5.41, 5.74) is 2.78. The van der Waals surface area contributed by atoms with E-state index in [1.807, 2.05) is 50.2 Å². The fourth-order valence-electron chi connectivity index (χ4n) is 3.08. The lowest BCUT2D eigenvalue weighted by Crippen LogP contribution is -2.10. The summed E-state index contributed by atoms with van der Waals surface area (Å²) < 4.78 is 19.6. The molecule has 0 saturated carbocycles. The predicted molar refractivity (Wildman–Crippen MR) is 124 cm³/mol. The first-order valence-electron chi connectivity index (χ1n) is 9.98. The van der Waals surface area contributed by atoms with Crippen LogP contribution in [0, 0.1) is 13.8 Å². The molecule has 0 unspecified atom stereocenters. The Bertz CT molecular complexity index is 1230. The highest BCUT2D eigenvalue weighted by Gasteiger charge is 2.13. The maximum atomic E-state index is 12.5. The first-order chi connectivity index (χ1) is 15.5. The molecule has 4 rings (SSSR count). The molecule has 4 aromatic rings. The van der Waals surface area contributed by atoms with Crippen LogP contribution < -0.4 is 14.8 Å². The van der Waals surface area contributed by atoms with Gasteiger partial charge in [-0.15, -0.1) is 0 Å². The number of para-hydroxylation sites is 1. The number of nitrogens with zero attached hydrogens (tertiary/aromatic N) is 2. The Morgan fingerprint density at radius 3 is 2.75 bits per heavy atom. The second-order valence-electron chi connectivity index (χ2n) is 7.25. The van der Waals surface area contributed by atoms with Gasteiger partial charge in [-0.05, 0) is 65.7 Å². The number of benzene rings is 2. The van der Waals surface area contributed by atoms with Gasteiger partial charge in [0.15, 0.2) is 12.5 Å². The van der Waals surface area contributed by atoms with Gasteiger partial charge < -0.3 is 19.2 Å². The van der Waals surface area contributed by atoms with Gasteiger partial charge in [0.2, 0.25) is 0 Å². The lowest BCUT2D eigenvalue weighted by Gasteiger charge is -2.09. The number of aryl methyl sites for hydroxylation is 2. The van der Waals surface area contributed by atoms with Crippen LogP contribution in [0.2, 0.25) is 0 Å². The number of carbonyl (C=O) groups excluding carboxylic acids is 1. The van der Waals surface area contributed by atoms with Crippen molar-refractivity contribution in [3.05, 3.63) is 94.1 Å². The molecule has 0 atom stereocenters. The van der Waals surface area contributed by atoms with E-state index in [9.17, 15) is 4.79 Å². The highest BCUT2D eigenvalue weighted by molar-refractivity contribution is 9.10. The van der Waals surface area contributed by atoms with Crippen LogP contribution in [-0.4, -0.2) is 15.7 Å². The Hall–Kier alpha value is -3.52. The first kappa shape index (κ1) is 21.7. The van der Waals surface area contributed by atoms with Gasteiger partial charge in [-0.25, -0.2) is 4.68 Å². The van der Waals surface area contributed by atoms with Crippen LogP contribution >= 0.6 is 15.9 Å². The van der Waals surface area contributed by atoms with E-state index in [2.05, 4.69) is 32.4 Å². The van der Waals surface area contributed by atoms with Gasteiger partial charge in [0.1, 0.15) is 23.9 Å². The van der Waals surface area contributed by atoms with Crippen LogP contribution in [0.3, 0.4) is 0 Å². The molecule has 1 N–H and O–H groups in total. The fourth-order valence-corrected chi connectivity index (χ4v) is 3.48. The molecule has 7 nitrogen and oxygen atoms in total. The molecule has 2 aromatic heterocycles. The van der Waals surface area contributed by atoms with Crippen LogP contribution in [0.4, 0.5) is 5.69 Å². The lowest BCUT2D eigenvalue weighted by molar-refractivity contribution is 0.0992. The number of furan rings is 1. The van der Waals surface area contributed by atoms with Crippen molar-refractivity contribution in [3.63, 3.8) is 0 Å². The number of hydrogen-bond acceptors (Lipinski definition) is 5. The lowest BCUT2D eigenvalue weighted by atomic mass is 10.1. The molecule has 0 aliphatic rings. The standard InChI is InChI=1S/C24H22BrN3O4/c1-16-7-9-21(17(2)11-16)31-15-28-13-18(12-26-28)27-24(29)23-10-8-19(32-23)14-30-22-6-4-3-5-20(22)25/h3-13H,14-15H2,1-2H3,(H,27,29). The van der Waals surface area contributed by atoms with Crippen LogP contribution in [-0.2, 0) is 13.3 Å². The molecule has 164 valence electrons. The molecule has 0 spiro atoms.